The number of nitrogens with zero attached hydrogens (tertiary/aromatic N) is 5. The van der Waals surface area contributed by atoms with Crippen LogP contribution < -0.4 is 5.69 Å². The average Bonchev–Trinajstić information content (AvgIpc) is 3.53. The van der Waals surface area contributed by atoms with Gasteiger partial charge in [-0.3, -0.25) is 9.13 Å². The van der Waals surface area contributed by atoms with E-state index in [9.17, 15) is 4.79 Å². The maximum Gasteiger partial charge on any atom is 0.329 e. The van der Waals surface area contributed by atoms with Crippen molar-refractivity contribution in [1.82, 2.24) is 29.8 Å². The van der Waals surface area contributed by atoms with Gasteiger partial charge in [0.05, 0.1) is 13.1 Å². The van der Waals surface area contributed by atoms with E-state index in [4.69, 9.17) is 0 Å². The molecule has 0 amide bonds. The number of imidazole rings is 1. The molecule has 37 heavy (non-hydrogen) atoms. The second-order valence-corrected chi connectivity index (χ2v) is 9.88. The molecule has 7 nitrogen and oxygen atoms in total. The van der Waals surface area contributed by atoms with Crippen molar-refractivity contribution in [1.29, 1.82) is 0 Å². The van der Waals surface area contributed by atoms with Gasteiger partial charge in [0.25, 0.3) is 0 Å². The Hall–Kier alpha value is -4.26. The van der Waals surface area contributed by atoms with Crippen molar-refractivity contribution in [2.24, 2.45) is 5.92 Å². The van der Waals surface area contributed by atoms with Crippen molar-refractivity contribution >= 4 is 0 Å². The molecule has 2 heterocycles. The van der Waals surface area contributed by atoms with E-state index >= 15 is 0 Å². The largest absolute Gasteiger partial charge is 0.329 e. The van der Waals surface area contributed by atoms with Gasteiger partial charge in [0, 0.05) is 17.0 Å². The third kappa shape index (κ3) is 5.31. The van der Waals surface area contributed by atoms with Crippen LogP contribution in [0.15, 0.2) is 83.7 Å². The Morgan fingerprint density at radius 1 is 0.811 bits per heavy atom. The van der Waals surface area contributed by atoms with Crippen LogP contribution in [0.2, 0.25) is 0 Å². The molecule has 0 atom stereocenters. The molecule has 7 heteroatoms. The van der Waals surface area contributed by atoms with Crippen molar-refractivity contribution < 1.29 is 0 Å². The Bertz CT molecular complexity index is 1510. The first-order valence-corrected chi connectivity index (χ1v) is 12.8. The van der Waals surface area contributed by atoms with Crippen LogP contribution in [-0.2, 0) is 19.5 Å². The van der Waals surface area contributed by atoms with Crippen LogP contribution >= 0.6 is 0 Å². The molecule has 2 aromatic heterocycles. The molecule has 188 valence electrons. The van der Waals surface area contributed by atoms with Gasteiger partial charge < -0.3 is 0 Å². The van der Waals surface area contributed by atoms with Gasteiger partial charge in [-0.2, -0.15) is 5.21 Å². The highest BCUT2D eigenvalue weighted by Crippen LogP contribution is 2.30. The topological polar surface area (TPSA) is 81.4 Å². The highest BCUT2D eigenvalue weighted by Gasteiger charge is 2.18. The van der Waals surface area contributed by atoms with E-state index in [2.05, 4.69) is 83.9 Å². The Balaban J connectivity index is 1.46. The summed E-state index contributed by atoms with van der Waals surface area (Å²) >= 11 is 0. The summed E-state index contributed by atoms with van der Waals surface area (Å²) < 4.78 is 3.88. The molecule has 0 aliphatic rings. The Morgan fingerprint density at radius 2 is 1.46 bits per heavy atom. The lowest BCUT2D eigenvalue weighted by Crippen LogP contribution is -2.26. The van der Waals surface area contributed by atoms with Gasteiger partial charge in [0.15, 0.2) is 0 Å². The second kappa shape index (κ2) is 10.8. The minimum absolute atomic E-state index is 0.0478. The summed E-state index contributed by atoms with van der Waals surface area (Å²) in [5.74, 6) is 1.13. The maximum absolute atomic E-state index is 13.6. The zero-order valence-corrected chi connectivity index (χ0v) is 21.6. The van der Waals surface area contributed by atoms with Crippen LogP contribution in [0.3, 0.4) is 0 Å². The fourth-order valence-corrected chi connectivity index (χ4v) is 4.79. The van der Waals surface area contributed by atoms with Gasteiger partial charge >= 0.3 is 5.69 Å². The minimum atomic E-state index is 0.0478. The summed E-state index contributed by atoms with van der Waals surface area (Å²) in [6, 6.07) is 26.6. The Kier molecular flexibility index (Phi) is 7.12. The quantitative estimate of drug-likeness (QED) is 0.295. The summed E-state index contributed by atoms with van der Waals surface area (Å²) in [5.41, 5.74) is 7.47. The summed E-state index contributed by atoms with van der Waals surface area (Å²) in [6.07, 6.45) is 1.93. The van der Waals surface area contributed by atoms with Gasteiger partial charge in [-0.05, 0) is 53.2 Å². The number of aromatic amines is 1. The predicted molar refractivity (Wildman–Crippen MR) is 146 cm³/mol. The molecule has 5 rings (SSSR count). The van der Waals surface area contributed by atoms with Gasteiger partial charge in [0.2, 0.25) is 5.82 Å². The third-order valence-corrected chi connectivity index (χ3v) is 6.87. The molecule has 0 saturated carbocycles. The Morgan fingerprint density at radius 3 is 2.14 bits per heavy atom. The highest BCUT2D eigenvalue weighted by atomic mass is 16.1. The van der Waals surface area contributed by atoms with Crippen LogP contribution in [0.25, 0.3) is 22.5 Å². The van der Waals surface area contributed by atoms with Gasteiger partial charge in [-0.1, -0.05) is 92.7 Å². The van der Waals surface area contributed by atoms with Crippen LogP contribution in [0.4, 0.5) is 0 Å². The number of hydrogen-bond donors (Lipinski definition) is 1. The average molecular weight is 493 g/mol. The van der Waals surface area contributed by atoms with Crippen molar-refractivity contribution in [2.75, 3.05) is 0 Å². The monoisotopic (exact) mass is 492 g/mol. The van der Waals surface area contributed by atoms with Crippen LogP contribution in [0.5, 0.6) is 0 Å². The molecule has 0 bridgehead atoms. The van der Waals surface area contributed by atoms with Gasteiger partial charge in [-0.25, -0.2) is 4.79 Å². The van der Waals surface area contributed by atoms with Crippen molar-refractivity contribution in [3.63, 3.8) is 0 Å². The first-order valence-electron chi connectivity index (χ1n) is 12.8. The number of H-pyrrole nitrogens is 1. The lowest BCUT2D eigenvalue weighted by molar-refractivity contribution is 0.564. The number of aromatic nitrogens is 6. The number of tetrazole rings is 1. The molecule has 0 spiro atoms. The zero-order valence-electron chi connectivity index (χ0n) is 21.6. The van der Waals surface area contributed by atoms with E-state index in [1.807, 2.05) is 45.5 Å². The SMILES string of the molecule is Cc1c(CCC(C)C)n(Cc2ccc(-c3ccccc3-c3nn[nH]n3)cc2)c(=O)n1Cc1ccccc1. The predicted octanol–water partition coefficient (Wildman–Crippen LogP) is 5.49. The number of nitrogens with one attached hydrogen (secondary N) is 1. The summed E-state index contributed by atoms with van der Waals surface area (Å²) in [6.45, 7) is 7.66. The molecule has 3 aromatic carbocycles. The van der Waals surface area contributed by atoms with Crippen molar-refractivity contribution in [2.45, 2.75) is 46.7 Å². The smallest absolute Gasteiger partial charge is 0.292 e. The minimum Gasteiger partial charge on any atom is -0.292 e. The van der Waals surface area contributed by atoms with E-state index in [1.165, 1.54) is 0 Å². The van der Waals surface area contributed by atoms with E-state index < -0.39 is 0 Å². The molecule has 0 saturated heterocycles. The van der Waals surface area contributed by atoms with E-state index in [1.54, 1.807) is 0 Å². The third-order valence-electron chi connectivity index (χ3n) is 6.87. The molecular formula is C30H32N6O. The lowest BCUT2D eigenvalue weighted by atomic mass is 9.98. The van der Waals surface area contributed by atoms with Crippen LogP contribution in [0, 0.1) is 12.8 Å². The highest BCUT2D eigenvalue weighted by molar-refractivity contribution is 5.80. The first kappa shape index (κ1) is 24.4. The maximum atomic E-state index is 13.6. The summed E-state index contributed by atoms with van der Waals surface area (Å²) in [5, 5.41) is 14.5. The Labute approximate surface area is 216 Å². The molecular weight excluding hydrogens is 460 g/mol. The molecule has 0 aliphatic carbocycles. The fraction of sp³-hybridized carbons (Fsp3) is 0.267. The molecule has 0 unspecified atom stereocenters. The van der Waals surface area contributed by atoms with Gasteiger partial charge in [-0.15, -0.1) is 10.2 Å². The van der Waals surface area contributed by atoms with Gasteiger partial charge in [0.1, 0.15) is 0 Å². The molecule has 1 N–H and O–H groups in total. The van der Waals surface area contributed by atoms with Crippen LogP contribution in [0.1, 0.15) is 42.8 Å². The van der Waals surface area contributed by atoms with Crippen molar-refractivity contribution in [3.05, 3.63) is 112 Å². The second-order valence-electron chi connectivity index (χ2n) is 9.88. The van der Waals surface area contributed by atoms with Crippen molar-refractivity contribution in [3.8, 4) is 22.5 Å². The molecule has 0 radical (unpaired) electrons. The standard InChI is InChI=1S/C30H32N6O/c1-21(2)13-18-28-22(3)35(19-23-9-5-4-6-10-23)30(37)36(28)20-24-14-16-25(17-15-24)26-11-7-8-12-27(26)29-31-33-34-32-29/h4-12,14-17,21H,13,18-20H2,1-3H3,(H,31,32,33,34). The normalized spacial score (nSPS) is 11.4. The zero-order chi connectivity index (χ0) is 25.8. The van der Waals surface area contributed by atoms with Crippen LogP contribution in [-0.4, -0.2) is 29.8 Å². The molecule has 5 aromatic rings. The fourth-order valence-electron chi connectivity index (χ4n) is 4.79. The number of benzene rings is 3. The molecule has 0 fully saturated rings. The first-order chi connectivity index (χ1) is 18.0. The lowest BCUT2D eigenvalue weighted by Gasteiger charge is -2.11. The van der Waals surface area contributed by atoms with E-state index in [0.717, 1.165) is 52.0 Å². The summed E-state index contributed by atoms with van der Waals surface area (Å²) in [4.78, 5) is 13.6. The molecule has 0 aliphatic heterocycles. The van der Waals surface area contributed by atoms with E-state index in [0.29, 0.717) is 24.8 Å². The summed E-state index contributed by atoms with van der Waals surface area (Å²) in [7, 11) is 0. The number of rotatable bonds is 9. The van der Waals surface area contributed by atoms with E-state index in [-0.39, 0.29) is 5.69 Å². The number of hydrogen-bond acceptors (Lipinski definition) is 4.